The van der Waals surface area contributed by atoms with E-state index in [2.05, 4.69) is 10.9 Å². The van der Waals surface area contributed by atoms with Gasteiger partial charge in [-0.3, -0.25) is 20.4 Å². The molecule has 27 heavy (non-hydrogen) atoms. The number of amides is 2. The molecule has 0 aliphatic heterocycles. The molecule has 0 bridgehead atoms. The zero-order valence-corrected chi connectivity index (χ0v) is 15.7. The van der Waals surface area contributed by atoms with Crippen LogP contribution in [0.2, 0.25) is 0 Å². The number of hydrogen-bond donors (Lipinski definition) is 2. The lowest BCUT2D eigenvalue weighted by atomic mass is 10.1. The average Bonchev–Trinajstić information content (AvgIpc) is 2.67. The minimum atomic E-state index is -0.499. The van der Waals surface area contributed by atoms with Gasteiger partial charge in [-0.25, -0.2) is 0 Å². The first-order chi connectivity index (χ1) is 13.0. The Balaban J connectivity index is 1.72. The summed E-state index contributed by atoms with van der Waals surface area (Å²) >= 11 is 0. The Labute approximate surface area is 158 Å². The first-order valence-corrected chi connectivity index (χ1v) is 8.62. The van der Waals surface area contributed by atoms with Crippen LogP contribution in [-0.2, 0) is 9.59 Å². The Morgan fingerprint density at radius 1 is 0.815 bits per heavy atom. The lowest BCUT2D eigenvalue weighted by molar-refractivity contribution is -0.131. The smallest absolute Gasteiger partial charge is 0.276 e. The van der Waals surface area contributed by atoms with Crippen LogP contribution in [0.3, 0.4) is 0 Å². The van der Waals surface area contributed by atoms with Gasteiger partial charge in [0, 0.05) is 0 Å². The predicted molar refractivity (Wildman–Crippen MR) is 101 cm³/mol. The molecule has 0 radical (unpaired) electrons. The van der Waals surface area contributed by atoms with E-state index in [1.54, 1.807) is 24.3 Å². The van der Waals surface area contributed by atoms with Crippen molar-refractivity contribution in [1.29, 1.82) is 0 Å². The van der Waals surface area contributed by atoms with E-state index in [0.29, 0.717) is 23.9 Å². The molecule has 2 N–H and O–H groups in total. The number of hydrazine groups is 1. The van der Waals surface area contributed by atoms with Crippen LogP contribution in [0.25, 0.3) is 0 Å². The summed E-state index contributed by atoms with van der Waals surface area (Å²) in [7, 11) is 0. The summed E-state index contributed by atoms with van der Waals surface area (Å²) in [4.78, 5) is 23.6. The molecule has 2 rings (SSSR count). The topological polar surface area (TPSA) is 85.9 Å². The van der Waals surface area contributed by atoms with Crippen LogP contribution in [0.5, 0.6) is 17.2 Å². The average molecular weight is 372 g/mol. The Kier molecular flexibility index (Phi) is 7.49. The third-order valence-corrected chi connectivity index (χ3v) is 3.70. The summed E-state index contributed by atoms with van der Waals surface area (Å²) in [5.74, 6) is 0.630. The van der Waals surface area contributed by atoms with Gasteiger partial charge in [0.2, 0.25) is 0 Å². The number of rotatable bonds is 8. The Hall–Kier alpha value is -3.22. The highest BCUT2D eigenvalue weighted by molar-refractivity contribution is 5.83. The van der Waals surface area contributed by atoms with Gasteiger partial charge in [0.15, 0.2) is 24.7 Å². The summed E-state index contributed by atoms with van der Waals surface area (Å²) < 4.78 is 16.2. The minimum absolute atomic E-state index is 0.211. The molecule has 2 aromatic carbocycles. The summed E-state index contributed by atoms with van der Waals surface area (Å²) in [6.45, 7) is 5.84. The molecule has 0 atom stereocenters. The summed E-state index contributed by atoms with van der Waals surface area (Å²) in [6.07, 6.45) is 0. The van der Waals surface area contributed by atoms with Crippen molar-refractivity contribution in [3.05, 3.63) is 53.6 Å². The van der Waals surface area contributed by atoms with Crippen LogP contribution in [-0.4, -0.2) is 31.6 Å². The Bertz CT molecular complexity index is 792. The van der Waals surface area contributed by atoms with E-state index >= 15 is 0 Å². The van der Waals surface area contributed by atoms with Crippen molar-refractivity contribution in [3.63, 3.8) is 0 Å². The third kappa shape index (κ3) is 6.54. The van der Waals surface area contributed by atoms with Gasteiger partial charge in [0.25, 0.3) is 11.8 Å². The fourth-order valence-electron chi connectivity index (χ4n) is 2.15. The van der Waals surface area contributed by atoms with Crippen LogP contribution in [0.4, 0.5) is 0 Å². The van der Waals surface area contributed by atoms with E-state index in [9.17, 15) is 9.59 Å². The number of carbonyl (C=O) groups is 2. The van der Waals surface area contributed by atoms with E-state index in [1.165, 1.54) is 0 Å². The van der Waals surface area contributed by atoms with Gasteiger partial charge in [-0.05, 0) is 56.2 Å². The van der Waals surface area contributed by atoms with E-state index in [4.69, 9.17) is 14.2 Å². The third-order valence-electron chi connectivity index (χ3n) is 3.70. The van der Waals surface area contributed by atoms with Gasteiger partial charge in [0.1, 0.15) is 5.75 Å². The lowest BCUT2D eigenvalue weighted by Crippen LogP contribution is -2.45. The second kappa shape index (κ2) is 10.1. The molecule has 0 saturated carbocycles. The number of ether oxygens (including phenoxy) is 3. The Morgan fingerprint density at radius 2 is 1.41 bits per heavy atom. The van der Waals surface area contributed by atoms with Crippen molar-refractivity contribution in [1.82, 2.24) is 10.9 Å². The van der Waals surface area contributed by atoms with Crippen LogP contribution < -0.4 is 25.1 Å². The number of hydrogen-bond acceptors (Lipinski definition) is 5. The first kappa shape index (κ1) is 20.1. The van der Waals surface area contributed by atoms with Crippen molar-refractivity contribution in [2.24, 2.45) is 0 Å². The zero-order valence-electron chi connectivity index (χ0n) is 15.7. The zero-order chi connectivity index (χ0) is 19.6. The summed E-state index contributed by atoms with van der Waals surface area (Å²) in [6, 6.07) is 12.6. The van der Waals surface area contributed by atoms with E-state index in [0.717, 1.165) is 11.1 Å². The number of aryl methyl sites for hydroxylation is 2. The van der Waals surface area contributed by atoms with Crippen LogP contribution >= 0.6 is 0 Å². The molecular formula is C20H24N2O5. The van der Waals surface area contributed by atoms with Gasteiger partial charge in [-0.2, -0.15) is 0 Å². The molecule has 2 amide bonds. The first-order valence-electron chi connectivity index (χ1n) is 8.62. The number of nitrogens with one attached hydrogen (secondary N) is 2. The lowest BCUT2D eigenvalue weighted by Gasteiger charge is -2.12. The van der Waals surface area contributed by atoms with Crippen molar-refractivity contribution < 1.29 is 23.8 Å². The molecule has 0 saturated heterocycles. The molecule has 144 valence electrons. The molecular weight excluding hydrogens is 348 g/mol. The van der Waals surface area contributed by atoms with E-state index in [1.807, 2.05) is 39.0 Å². The maximum atomic E-state index is 11.8. The summed E-state index contributed by atoms with van der Waals surface area (Å²) in [5, 5.41) is 0. The highest BCUT2D eigenvalue weighted by Gasteiger charge is 2.09. The Morgan fingerprint density at radius 3 is 2.00 bits per heavy atom. The van der Waals surface area contributed by atoms with Crippen LogP contribution in [0.1, 0.15) is 18.1 Å². The molecule has 7 heteroatoms. The van der Waals surface area contributed by atoms with E-state index < -0.39 is 11.8 Å². The molecule has 0 aliphatic rings. The number of benzene rings is 2. The highest BCUT2D eigenvalue weighted by atomic mass is 16.5. The monoisotopic (exact) mass is 372 g/mol. The van der Waals surface area contributed by atoms with Gasteiger partial charge in [0.05, 0.1) is 6.61 Å². The quantitative estimate of drug-likeness (QED) is 0.695. The van der Waals surface area contributed by atoms with Crippen LogP contribution in [0.15, 0.2) is 42.5 Å². The van der Waals surface area contributed by atoms with Crippen LogP contribution in [0, 0.1) is 13.8 Å². The molecule has 2 aromatic rings. The van der Waals surface area contributed by atoms with Crippen molar-refractivity contribution in [3.8, 4) is 17.2 Å². The fourth-order valence-corrected chi connectivity index (χ4v) is 2.15. The molecule has 0 spiro atoms. The highest BCUT2D eigenvalue weighted by Crippen LogP contribution is 2.26. The van der Waals surface area contributed by atoms with Crippen molar-refractivity contribution in [2.75, 3.05) is 19.8 Å². The largest absolute Gasteiger partial charge is 0.490 e. The molecule has 0 unspecified atom stereocenters. The minimum Gasteiger partial charge on any atom is -0.490 e. The number of para-hydroxylation sites is 2. The second-order valence-electron chi connectivity index (χ2n) is 5.80. The standard InChI is InChI=1S/C20H24N2O5/c1-4-25-17-7-5-6-8-18(17)27-13-20(24)22-21-19(23)12-26-16-10-9-14(2)15(3)11-16/h5-11H,4,12-13H2,1-3H3,(H,21,23)(H,22,24). The molecule has 0 aromatic heterocycles. The van der Waals surface area contributed by atoms with Gasteiger partial charge >= 0.3 is 0 Å². The molecule has 0 heterocycles. The van der Waals surface area contributed by atoms with Gasteiger partial charge in [-0.15, -0.1) is 0 Å². The molecule has 0 aliphatic carbocycles. The van der Waals surface area contributed by atoms with Gasteiger partial charge in [-0.1, -0.05) is 18.2 Å². The fraction of sp³-hybridized carbons (Fsp3) is 0.300. The predicted octanol–water partition coefficient (Wildman–Crippen LogP) is 2.31. The van der Waals surface area contributed by atoms with E-state index in [-0.39, 0.29) is 13.2 Å². The molecule has 0 fully saturated rings. The SMILES string of the molecule is CCOc1ccccc1OCC(=O)NNC(=O)COc1ccc(C)c(C)c1. The van der Waals surface area contributed by atoms with Crippen molar-refractivity contribution in [2.45, 2.75) is 20.8 Å². The van der Waals surface area contributed by atoms with Crippen molar-refractivity contribution >= 4 is 11.8 Å². The van der Waals surface area contributed by atoms with Gasteiger partial charge < -0.3 is 14.2 Å². The number of carbonyl (C=O) groups excluding carboxylic acids is 2. The maximum absolute atomic E-state index is 11.8. The molecule has 7 nitrogen and oxygen atoms in total. The normalized spacial score (nSPS) is 10.0. The summed E-state index contributed by atoms with van der Waals surface area (Å²) in [5.41, 5.74) is 6.77. The maximum Gasteiger partial charge on any atom is 0.276 e. The second-order valence-corrected chi connectivity index (χ2v) is 5.80.